The molecule has 4 amide bonds. The van der Waals surface area contributed by atoms with E-state index >= 15 is 0 Å². The molecule has 204 valence electrons. The molecule has 38 heavy (non-hydrogen) atoms. The van der Waals surface area contributed by atoms with Crippen molar-refractivity contribution in [3.05, 3.63) is 47.7 Å². The predicted molar refractivity (Wildman–Crippen MR) is 132 cm³/mol. The summed E-state index contributed by atoms with van der Waals surface area (Å²) in [6, 6.07) is 5.72. The second-order valence-electron chi connectivity index (χ2n) is 9.56. The average Bonchev–Trinajstić information content (AvgIpc) is 3.35. The Morgan fingerprint density at radius 1 is 0.974 bits per heavy atom. The lowest BCUT2D eigenvalue weighted by Gasteiger charge is -2.28. The fourth-order valence-corrected chi connectivity index (χ4v) is 3.69. The Hall–Kier alpha value is -4.29. The van der Waals surface area contributed by atoms with Crippen LogP contribution >= 0.6 is 0 Å². The summed E-state index contributed by atoms with van der Waals surface area (Å²) in [7, 11) is 0. The Morgan fingerprint density at radius 3 is 2.26 bits per heavy atom. The highest BCUT2D eigenvalue weighted by atomic mass is 16.5. The zero-order chi connectivity index (χ0) is 27.8. The minimum Gasteiger partial charge on any atom is -0.445 e. The van der Waals surface area contributed by atoms with Crippen molar-refractivity contribution in [2.75, 3.05) is 0 Å². The number of fused-ring (bicyclic) bond motifs is 2. The van der Waals surface area contributed by atoms with Gasteiger partial charge >= 0.3 is 6.09 Å². The van der Waals surface area contributed by atoms with Crippen molar-refractivity contribution < 1.29 is 33.1 Å². The number of hydrogen-bond acceptors (Lipinski definition) is 9. The number of Topliss-reactive ketones (excluding diaryl/α,β-unsaturated/α-hetero) is 1. The van der Waals surface area contributed by atoms with Crippen LogP contribution in [-0.4, -0.2) is 57.9 Å². The van der Waals surface area contributed by atoms with Crippen molar-refractivity contribution in [1.82, 2.24) is 31.5 Å². The van der Waals surface area contributed by atoms with Crippen LogP contribution in [-0.2, 0) is 43.5 Å². The van der Waals surface area contributed by atoms with E-state index in [4.69, 9.17) is 9.15 Å². The zero-order valence-electron chi connectivity index (χ0n) is 21.6. The van der Waals surface area contributed by atoms with E-state index in [1.54, 1.807) is 39.8 Å². The molecular weight excluding hydrogens is 496 g/mol. The summed E-state index contributed by atoms with van der Waals surface area (Å²) in [6.07, 6.45) is -0.970. The van der Waals surface area contributed by atoms with Crippen LogP contribution < -0.4 is 21.3 Å². The molecule has 2 heterocycles. The Labute approximate surface area is 219 Å². The van der Waals surface area contributed by atoms with Crippen LogP contribution in [0.25, 0.3) is 0 Å². The third kappa shape index (κ3) is 7.60. The minimum atomic E-state index is -1.28. The second-order valence-corrected chi connectivity index (χ2v) is 9.56. The molecule has 3 atom stereocenters. The summed E-state index contributed by atoms with van der Waals surface area (Å²) >= 11 is 0. The molecule has 13 nitrogen and oxygen atoms in total. The lowest BCUT2D eigenvalue weighted by atomic mass is 9.99. The average molecular weight is 529 g/mol. The van der Waals surface area contributed by atoms with Crippen LogP contribution in [0.5, 0.6) is 0 Å². The highest BCUT2D eigenvalue weighted by Crippen LogP contribution is 2.11. The van der Waals surface area contributed by atoms with E-state index in [2.05, 4.69) is 31.5 Å². The van der Waals surface area contributed by atoms with Gasteiger partial charge in [0.1, 0.15) is 24.7 Å². The molecule has 0 radical (unpaired) electrons. The number of ether oxygens (including phenoxy) is 1. The number of amides is 4. The Kier molecular flexibility index (Phi) is 9.52. The van der Waals surface area contributed by atoms with E-state index in [0.29, 0.717) is 0 Å². The lowest BCUT2D eigenvalue weighted by molar-refractivity contribution is -0.140. The van der Waals surface area contributed by atoms with E-state index in [-0.39, 0.29) is 37.3 Å². The predicted octanol–water partition coefficient (Wildman–Crippen LogP) is 0.388. The van der Waals surface area contributed by atoms with Crippen molar-refractivity contribution in [3.63, 3.8) is 0 Å². The van der Waals surface area contributed by atoms with Gasteiger partial charge in [-0.15, -0.1) is 10.2 Å². The third-order valence-corrected chi connectivity index (χ3v) is 5.83. The number of aromatic nitrogens is 2. The molecule has 3 unspecified atom stereocenters. The molecule has 1 aromatic carbocycles. The minimum absolute atomic E-state index is 0.0284. The van der Waals surface area contributed by atoms with Crippen molar-refractivity contribution >= 4 is 29.6 Å². The molecule has 1 aromatic heterocycles. The SMILES string of the molecule is CC(C)C(NC(=O)OCc1ccccc1)C(=O)NC(C(=O)NC1Cc2nnc(o2)CNC(=O)C1=O)C(C)C. The van der Waals surface area contributed by atoms with E-state index < -0.39 is 53.6 Å². The fourth-order valence-electron chi connectivity index (χ4n) is 3.69. The topological polar surface area (TPSA) is 182 Å². The molecule has 0 spiro atoms. The zero-order valence-corrected chi connectivity index (χ0v) is 21.6. The second kappa shape index (κ2) is 12.8. The first-order valence-corrected chi connectivity index (χ1v) is 12.3. The summed E-state index contributed by atoms with van der Waals surface area (Å²) in [4.78, 5) is 63.5. The highest BCUT2D eigenvalue weighted by molar-refractivity contribution is 6.38. The summed E-state index contributed by atoms with van der Waals surface area (Å²) in [5, 5.41) is 17.7. The van der Waals surface area contributed by atoms with Gasteiger partial charge in [-0.25, -0.2) is 4.79 Å². The summed E-state index contributed by atoms with van der Waals surface area (Å²) in [5.41, 5.74) is 0.787. The molecule has 13 heteroatoms. The van der Waals surface area contributed by atoms with Gasteiger partial charge in [-0.05, 0) is 17.4 Å². The number of benzene rings is 1. The van der Waals surface area contributed by atoms with Crippen LogP contribution in [0.1, 0.15) is 45.0 Å². The molecular formula is C25H32N6O7. The van der Waals surface area contributed by atoms with Crippen molar-refractivity contribution in [3.8, 4) is 0 Å². The van der Waals surface area contributed by atoms with Crippen LogP contribution in [0.4, 0.5) is 4.79 Å². The number of hydrogen-bond donors (Lipinski definition) is 4. The summed E-state index contributed by atoms with van der Waals surface area (Å²) in [5.74, 6) is -3.59. The van der Waals surface area contributed by atoms with Gasteiger partial charge in [0.05, 0.1) is 13.0 Å². The van der Waals surface area contributed by atoms with Gasteiger partial charge in [-0.1, -0.05) is 58.0 Å². The van der Waals surface area contributed by atoms with Gasteiger partial charge in [-0.2, -0.15) is 0 Å². The van der Waals surface area contributed by atoms with E-state index in [1.165, 1.54) is 0 Å². The molecule has 1 aliphatic heterocycles. The van der Waals surface area contributed by atoms with Gasteiger partial charge in [-0.3, -0.25) is 19.2 Å². The number of rotatable bonds is 9. The van der Waals surface area contributed by atoms with E-state index in [0.717, 1.165) is 5.56 Å². The molecule has 0 saturated heterocycles. The molecule has 0 aliphatic carbocycles. The molecule has 2 bridgehead atoms. The van der Waals surface area contributed by atoms with Crippen molar-refractivity contribution in [2.24, 2.45) is 11.8 Å². The van der Waals surface area contributed by atoms with Crippen molar-refractivity contribution in [2.45, 2.75) is 65.4 Å². The maximum atomic E-state index is 13.2. The lowest BCUT2D eigenvalue weighted by Crippen LogP contribution is -2.59. The third-order valence-electron chi connectivity index (χ3n) is 5.83. The molecule has 1 aliphatic rings. The van der Waals surface area contributed by atoms with Crippen LogP contribution in [0, 0.1) is 11.8 Å². The smallest absolute Gasteiger partial charge is 0.408 e. The van der Waals surface area contributed by atoms with Crippen LogP contribution in [0.15, 0.2) is 34.7 Å². The van der Waals surface area contributed by atoms with Gasteiger partial charge in [0, 0.05) is 0 Å². The molecule has 4 N–H and O–H groups in total. The largest absolute Gasteiger partial charge is 0.445 e. The molecule has 3 rings (SSSR count). The van der Waals surface area contributed by atoms with Crippen LogP contribution in [0.3, 0.4) is 0 Å². The molecule has 2 aromatic rings. The van der Waals surface area contributed by atoms with Gasteiger partial charge in [0.15, 0.2) is 0 Å². The Bertz CT molecular complexity index is 1160. The summed E-state index contributed by atoms with van der Waals surface area (Å²) < 4.78 is 10.6. The Morgan fingerprint density at radius 2 is 1.61 bits per heavy atom. The quantitative estimate of drug-likeness (QED) is 0.335. The molecule has 0 saturated carbocycles. The first-order valence-electron chi connectivity index (χ1n) is 12.3. The number of nitrogens with one attached hydrogen (secondary N) is 4. The van der Waals surface area contributed by atoms with Gasteiger partial charge < -0.3 is 30.4 Å². The first-order chi connectivity index (χ1) is 18.0. The fraction of sp³-hybridized carbons (Fsp3) is 0.480. The summed E-state index contributed by atoms with van der Waals surface area (Å²) in [6.45, 7) is 6.80. The number of carbonyl (C=O) groups is 5. The number of alkyl carbamates (subject to hydrolysis) is 1. The highest BCUT2D eigenvalue weighted by Gasteiger charge is 2.35. The first kappa shape index (κ1) is 28.3. The van der Waals surface area contributed by atoms with Crippen LogP contribution in [0.2, 0.25) is 0 Å². The van der Waals surface area contributed by atoms with Gasteiger partial charge in [0.2, 0.25) is 29.4 Å². The normalized spacial score (nSPS) is 16.9. The molecule has 0 fully saturated rings. The maximum absolute atomic E-state index is 13.2. The maximum Gasteiger partial charge on any atom is 0.408 e. The Balaban J connectivity index is 1.65. The van der Waals surface area contributed by atoms with Crippen molar-refractivity contribution in [1.29, 1.82) is 0 Å². The number of nitrogens with zero attached hydrogens (tertiary/aromatic N) is 2. The van der Waals surface area contributed by atoms with E-state index in [1.807, 2.05) is 18.2 Å². The number of ketones is 1. The van der Waals surface area contributed by atoms with E-state index in [9.17, 15) is 24.0 Å². The standard InChI is InChI=1S/C25H32N6O7/c1-13(2)19(22(33)27-16-10-17-30-31-18(38-17)11-26-24(35)21(16)32)28-23(34)20(14(3)4)29-25(36)37-12-15-8-6-5-7-9-15/h5-9,13-14,16,19-20H,10-12H2,1-4H3,(H,26,35)(H,27,33)(H,28,34)(H,29,36). The van der Waals surface area contributed by atoms with Gasteiger partial charge in [0.25, 0.3) is 5.91 Å². The number of carbonyl (C=O) groups excluding carboxylic acids is 5. The monoisotopic (exact) mass is 528 g/mol.